The second-order valence-corrected chi connectivity index (χ2v) is 13.3. The van der Waals surface area contributed by atoms with Crippen LogP contribution in [0.2, 0.25) is 0 Å². The lowest BCUT2D eigenvalue weighted by atomic mass is 10.0. The molecular weight excluding hydrogens is 782 g/mol. The summed E-state index contributed by atoms with van der Waals surface area (Å²) in [6, 6.07) is 2.19. The van der Waals surface area contributed by atoms with E-state index in [0.29, 0.717) is 6.29 Å². The van der Waals surface area contributed by atoms with Crippen molar-refractivity contribution in [3.05, 3.63) is 59.7 Å². The molecule has 0 saturated heterocycles. The van der Waals surface area contributed by atoms with Crippen LogP contribution in [-0.2, 0) is 72.0 Å². The Morgan fingerprint density at radius 2 is 0.945 bits per heavy atom. The minimum atomic E-state index is -4.91. The maximum atomic E-state index is 13.7. The molecule has 23 nitrogen and oxygen atoms in total. The number of amides is 5. The second-order valence-electron chi connectivity index (χ2n) is 11.3. The van der Waals surface area contributed by atoms with Crippen LogP contribution in [0, 0.1) is 0 Å². The molecule has 0 fully saturated rings. The highest BCUT2D eigenvalue weighted by atomic mass is 32.3. The number of benzene rings is 2. The molecule has 300 valence electrons. The second kappa shape index (κ2) is 20.3. The molecule has 2 aromatic rings. The summed E-state index contributed by atoms with van der Waals surface area (Å²) < 4.78 is 70.5. The van der Waals surface area contributed by atoms with Crippen LogP contribution in [0.15, 0.2) is 48.5 Å². The van der Waals surface area contributed by atoms with E-state index >= 15 is 0 Å². The highest BCUT2D eigenvalue weighted by Gasteiger charge is 2.33. The van der Waals surface area contributed by atoms with Crippen LogP contribution in [0.5, 0.6) is 11.5 Å². The Labute approximate surface area is 312 Å². The fourth-order valence-electron chi connectivity index (χ4n) is 4.59. The molecule has 0 heterocycles. The van der Waals surface area contributed by atoms with Gasteiger partial charge in [0.1, 0.15) is 42.0 Å². The number of carboxylic acid groups (broad SMARTS) is 2. The molecule has 0 aromatic heterocycles. The Balaban J connectivity index is 2.43. The highest BCUT2D eigenvalue weighted by Crippen LogP contribution is 2.17. The molecule has 5 amide bonds. The van der Waals surface area contributed by atoms with Crippen molar-refractivity contribution in [1.82, 2.24) is 26.6 Å². The molecule has 0 spiro atoms. The van der Waals surface area contributed by atoms with Gasteiger partial charge in [0.2, 0.25) is 29.5 Å². The van der Waals surface area contributed by atoms with Crippen LogP contribution in [0.1, 0.15) is 30.9 Å². The molecule has 0 saturated carbocycles. The summed E-state index contributed by atoms with van der Waals surface area (Å²) in [6.07, 6.45) is -2.56. The minimum absolute atomic E-state index is 0.164. The number of hydrogen-bond donors (Lipinski definition) is 9. The van der Waals surface area contributed by atoms with Crippen LogP contribution < -0.4 is 35.0 Å². The number of aliphatic carboxylic acids is 2. The maximum Gasteiger partial charge on any atom is 0.446 e. The van der Waals surface area contributed by atoms with Crippen LogP contribution in [0.4, 0.5) is 0 Å². The molecule has 0 radical (unpaired) electrons. The van der Waals surface area contributed by atoms with Gasteiger partial charge in [0.15, 0.2) is 0 Å². The maximum absolute atomic E-state index is 13.7. The standard InChI is InChI=1S/C30H35N5O18S2/c1-16(37)32-23(14-25(38)39)29(44)34-22(13-18-4-8-20(9-5-18)53-55(49,50)51)28(43)35-24(15-26(40)41)30(45)33-21(27(42)31-10-11-36)12-17-2-6-19(7-3-17)52-54(46,47)48/h2-9,11,21-24H,10,12-15H2,1H3,(H,31,42)(H,32,37)(H,33,45)(H,34,44)(H,35,43)(H,38,39)(H,40,41)(H,46,47,48)(H,49,50,51)/t21-,22-,23-,24-/m0/s1. The van der Waals surface area contributed by atoms with Gasteiger partial charge in [-0.25, -0.2) is 0 Å². The van der Waals surface area contributed by atoms with Crippen molar-refractivity contribution in [2.45, 2.75) is 56.8 Å². The lowest BCUT2D eigenvalue weighted by Crippen LogP contribution is -2.59. The van der Waals surface area contributed by atoms with Gasteiger partial charge in [-0.05, 0) is 35.4 Å². The quantitative estimate of drug-likeness (QED) is 0.0424. The summed E-state index contributed by atoms with van der Waals surface area (Å²) in [5.41, 5.74) is 0.413. The summed E-state index contributed by atoms with van der Waals surface area (Å²) in [5, 5.41) is 29.7. The normalized spacial score (nSPS) is 13.4. The molecule has 2 rings (SSSR count). The zero-order valence-corrected chi connectivity index (χ0v) is 30.0. The van der Waals surface area contributed by atoms with Crippen LogP contribution >= 0.6 is 0 Å². The zero-order valence-electron chi connectivity index (χ0n) is 28.4. The van der Waals surface area contributed by atoms with Crippen LogP contribution in [-0.4, -0.2) is 115 Å². The van der Waals surface area contributed by atoms with Gasteiger partial charge in [0.25, 0.3) is 0 Å². The van der Waals surface area contributed by atoms with Gasteiger partial charge >= 0.3 is 32.7 Å². The zero-order chi connectivity index (χ0) is 41.5. The molecule has 0 unspecified atom stereocenters. The van der Waals surface area contributed by atoms with Gasteiger partial charge in [-0.1, -0.05) is 24.3 Å². The highest BCUT2D eigenvalue weighted by molar-refractivity contribution is 7.81. The largest absolute Gasteiger partial charge is 0.481 e. The molecule has 0 aliphatic heterocycles. The first-order valence-electron chi connectivity index (χ1n) is 15.4. The number of hydrogen-bond acceptors (Lipinski definition) is 14. The SMILES string of the molecule is CC(=O)N[C@@H](CC(=O)O)C(=O)N[C@@H](Cc1ccc(OS(=O)(=O)O)cc1)C(=O)N[C@@H](CC(=O)O)C(=O)N[C@@H](Cc1ccc(OS(=O)(=O)O)cc1)C(=O)NCC=O. The Morgan fingerprint density at radius 3 is 1.29 bits per heavy atom. The van der Waals surface area contributed by atoms with Gasteiger partial charge in [-0.15, -0.1) is 0 Å². The molecule has 2 aromatic carbocycles. The van der Waals surface area contributed by atoms with Gasteiger partial charge in [0, 0.05) is 19.8 Å². The van der Waals surface area contributed by atoms with E-state index < -0.39 is 112 Å². The fourth-order valence-corrected chi connectivity index (χ4v) is 5.30. The molecule has 0 aliphatic carbocycles. The summed E-state index contributed by atoms with van der Waals surface area (Å²) in [4.78, 5) is 98.9. The van der Waals surface area contributed by atoms with Crippen molar-refractivity contribution in [2.75, 3.05) is 6.54 Å². The van der Waals surface area contributed by atoms with Gasteiger partial charge in [0.05, 0.1) is 19.4 Å². The summed E-state index contributed by atoms with van der Waals surface area (Å²) in [7, 11) is -9.78. The number of carbonyl (C=O) groups excluding carboxylic acids is 6. The summed E-state index contributed by atoms with van der Waals surface area (Å²) in [6.45, 7) is 0.477. The van der Waals surface area contributed by atoms with Crippen molar-refractivity contribution in [1.29, 1.82) is 0 Å². The van der Waals surface area contributed by atoms with E-state index in [2.05, 4.69) is 35.0 Å². The Kier molecular flexibility index (Phi) is 16.6. The molecule has 9 N–H and O–H groups in total. The van der Waals surface area contributed by atoms with Crippen molar-refractivity contribution in [3.63, 3.8) is 0 Å². The molecule has 0 bridgehead atoms. The van der Waals surface area contributed by atoms with E-state index in [-0.39, 0.29) is 29.0 Å². The average Bonchev–Trinajstić information content (AvgIpc) is 3.05. The minimum Gasteiger partial charge on any atom is -0.481 e. The van der Waals surface area contributed by atoms with E-state index in [1.165, 1.54) is 24.3 Å². The molecule has 0 aliphatic rings. The molecule has 25 heteroatoms. The Bertz CT molecular complexity index is 1960. The van der Waals surface area contributed by atoms with Gasteiger partial charge < -0.3 is 50.0 Å². The molecule has 4 atom stereocenters. The van der Waals surface area contributed by atoms with E-state index in [1.54, 1.807) is 0 Å². The predicted octanol–water partition coefficient (Wildman–Crippen LogP) is -2.94. The summed E-state index contributed by atoms with van der Waals surface area (Å²) >= 11 is 0. The topological polar surface area (TPSA) is 364 Å². The first kappa shape index (κ1) is 45.0. The monoisotopic (exact) mass is 817 g/mol. The first-order chi connectivity index (χ1) is 25.5. The van der Waals surface area contributed by atoms with Crippen molar-refractivity contribution >= 4 is 68.6 Å². The van der Waals surface area contributed by atoms with E-state index in [1.807, 2.05) is 0 Å². The number of rotatable bonds is 22. The Hall–Kier alpha value is -6.18. The first-order valence-corrected chi connectivity index (χ1v) is 18.1. The average molecular weight is 818 g/mol. The third kappa shape index (κ3) is 17.5. The number of carbonyl (C=O) groups is 8. The van der Waals surface area contributed by atoms with E-state index in [4.69, 9.17) is 9.11 Å². The number of aldehydes is 1. The predicted molar refractivity (Wildman–Crippen MR) is 182 cm³/mol. The third-order valence-electron chi connectivity index (χ3n) is 6.84. The van der Waals surface area contributed by atoms with Gasteiger partial charge in [-0.2, -0.15) is 16.8 Å². The lowest BCUT2D eigenvalue weighted by molar-refractivity contribution is -0.141. The van der Waals surface area contributed by atoms with Crippen LogP contribution in [0.3, 0.4) is 0 Å². The van der Waals surface area contributed by atoms with Crippen molar-refractivity contribution < 1.29 is 82.9 Å². The van der Waals surface area contributed by atoms with Gasteiger partial charge in [-0.3, -0.25) is 42.7 Å². The molecular formula is C30H35N5O18S2. The summed E-state index contributed by atoms with van der Waals surface area (Å²) in [5.74, 6) is -9.28. The Morgan fingerprint density at radius 1 is 0.600 bits per heavy atom. The van der Waals surface area contributed by atoms with E-state index in [9.17, 15) is 65.4 Å². The van der Waals surface area contributed by atoms with Crippen molar-refractivity contribution in [2.24, 2.45) is 0 Å². The van der Waals surface area contributed by atoms with E-state index in [0.717, 1.165) is 31.2 Å². The van der Waals surface area contributed by atoms with Crippen molar-refractivity contribution in [3.8, 4) is 11.5 Å². The van der Waals surface area contributed by atoms with Crippen LogP contribution in [0.25, 0.3) is 0 Å². The number of carboxylic acids is 2. The smallest absolute Gasteiger partial charge is 0.446 e. The lowest BCUT2D eigenvalue weighted by Gasteiger charge is -2.26. The fraction of sp³-hybridized carbons (Fsp3) is 0.333. The number of nitrogens with one attached hydrogen (secondary N) is 5. The third-order valence-corrected chi connectivity index (χ3v) is 7.65. The molecule has 55 heavy (non-hydrogen) atoms.